The monoisotopic (exact) mass is 208 g/mol. The molecule has 0 saturated carbocycles. The van der Waals surface area contributed by atoms with Crippen molar-refractivity contribution in [1.29, 1.82) is 5.26 Å². The van der Waals surface area contributed by atoms with Crippen molar-refractivity contribution in [3.05, 3.63) is 0 Å². The minimum Gasteiger partial charge on any atom is -0.381 e. The SMILES string of the molecule is N#CC1CCN(CC(=O)C2CCOC2)C1. The van der Waals surface area contributed by atoms with Gasteiger partial charge in [-0.2, -0.15) is 5.26 Å². The van der Waals surface area contributed by atoms with Gasteiger partial charge in [-0.3, -0.25) is 9.69 Å². The first kappa shape index (κ1) is 10.6. The van der Waals surface area contributed by atoms with Gasteiger partial charge in [0.05, 0.1) is 25.1 Å². The minimum atomic E-state index is 0.103. The van der Waals surface area contributed by atoms with E-state index in [-0.39, 0.29) is 17.6 Å². The number of Topliss-reactive ketones (excluding diaryl/α,β-unsaturated/α-hetero) is 1. The summed E-state index contributed by atoms with van der Waals surface area (Å²) in [5, 5.41) is 8.75. The molecule has 2 fully saturated rings. The van der Waals surface area contributed by atoms with Crippen LogP contribution in [0.25, 0.3) is 0 Å². The van der Waals surface area contributed by atoms with Crippen molar-refractivity contribution in [2.75, 3.05) is 32.8 Å². The summed E-state index contributed by atoms with van der Waals surface area (Å²) >= 11 is 0. The highest BCUT2D eigenvalue weighted by molar-refractivity contribution is 5.83. The van der Waals surface area contributed by atoms with Crippen molar-refractivity contribution < 1.29 is 9.53 Å². The zero-order chi connectivity index (χ0) is 10.7. The van der Waals surface area contributed by atoms with Crippen LogP contribution in [0.5, 0.6) is 0 Å². The van der Waals surface area contributed by atoms with Gasteiger partial charge in [0.2, 0.25) is 0 Å². The second-order valence-corrected chi connectivity index (χ2v) is 4.38. The van der Waals surface area contributed by atoms with Gasteiger partial charge in [-0.05, 0) is 19.4 Å². The Morgan fingerprint density at radius 2 is 2.40 bits per heavy atom. The first-order valence-corrected chi connectivity index (χ1v) is 5.52. The van der Waals surface area contributed by atoms with Crippen LogP contribution in [0.1, 0.15) is 12.8 Å². The van der Waals surface area contributed by atoms with Gasteiger partial charge in [-0.25, -0.2) is 0 Å². The first-order chi connectivity index (χ1) is 7.29. The van der Waals surface area contributed by atoms with Gasteiger partial charge in [0.1, 0.15) is 0 Å². The normalized spacial score (nSPS) is 31.7. The first-order valence-electron chi connectivity index (χ1n) is 5.52. The van der Waals surface area contributed by atoms with Crippen molar-refractivity contribution >= 4 is 5.78 Å². The predicted molar refractivity (Wildman–Crippen MR) is 54.1 cm³/mol. The molecule has 2 saturated heterocycles. The lowest BCUT2D eigenvalue weighted by Gasteiger charge is -2.15. The predicted octanol–water partition coefficient (Wildman–Crippen LogP) is 0.437. The van der Waals surface area contributed by atoms with Crippen molar-refractivity contribution in [2.24, 2.45) is 11.8 Å². The van der Waals surface area contributed by atoms with Gasteiger partial charge in [-0.1, -0.05) is 0 Å². The molecular formula is C11H16N2O2. The van der Waals surface area contributed by atoms with Gasteiger partial charge in [0, 0.05) is 19.1 Å². The van der Waals surface area contributed by atoms with E-state index in [0.29, 0.717) is 13.2 Å². The molecule has 4 heteroatoms. The fraction of sp³-hybridized carbons (Fsp3) is 0.818. The molecule has 2 atom stereocenters. The van der Waals surface area contributed by atoms with E-state index in [0.717, 1.165) is 32.5 Å². The Balaban J connectivity index is 1.77. The molecule has 2 rings (SSSR count). The Morgan fingerprint density at radius 1 is 1.53 bits per heavy atom. The maximum atomic E-state index is 11.8. The number of carbonyl (C=O) groups excluding carboxylic acids is 1. The molecular weight excluding hydrogens is 192 g/mol. The summed E-state index contributed by atoms with van der Waals surface area (Å²) < 4.78 is 5.19. The molecule has 15 heavy (non-hydrogen) atoms. The standard InChI is InChI=1S/C11H16N2O2/c12-5-9-1-3-13(6-9)7-11(14)10-2-4-15-8-10/h9-10H,1-4,6-8H2. The van der Waals surface area contributed by atoms with E-state index in [4.69, 9.17) is 10.00 Å². The van der Waals surface area contributed by atoms with Crippen LogP contribution >= 0.6 is 0 Å². The summed E-state index contributed by atoms with van der Waals surface area (Å²) in [7, 11) is 0. The second kappa shape index (κ2) is 4.73. The lowest BCUT2D eigenvalue weighted by Crippen LogP contribution is -2.31. The molecule has 0 amide bonds. The summed E-state index contributed by atoms with van der Waals surface area (Å²) in [6.45, 7) is 3.46. The van der Waals surface area contributed by atoms with Crippen molar-refractivity contribution in [2.45, 2.75) is 12.8 Å². The Labute approximate surface area is 89.8 Å². The third-order valence-electron chi connectivity index (χ3n) is 3.22. The zero-order valence-corrected chi connectivity index (χ0v) is 8.82. The number of hydrogen-bond acceptors (Lipinski definition) is 4. The van der Waals surface area contributed by atoms with Gasteiger partial charge < -0.3 is 4.74 Å². The molecule has 0 aromatic rings. The molecule has 0 aromatic heterocycles. The number of carbonyl (C=O) groups is 1. The third-order valence-corrected chi connectivity index (χ3v) is 3.22. The highest BCUT2D eigenvalue weighted by Gasteiger charge is 2.28. The average Bonchev–Trinajstić information content (AvgIpc) is 2.87. The van der Waals surface area contributed by atoms with E-state index in [1.807, 2.05) is 0 Å². The molecule has 0 aliphatic carbocycles. The van der Waals surface area contributed by atoms with E-state index in [1.54, 1.807) is 0 Å². The number of nitriles is 1. The average molecular weight is 208 g/mol. The summed E-state index contributed by atoms with van der Waals surface area (Å²) in [6, 6.07) is 2.26. The van der Waals surface area contributed by atoms with Crippen LogP contribution in [0.4, 0.5) is 0 Å². The van der Waals surface area contributed by atoms with E-state index in [9.17, 15) is 4.79 Å². The van der Waals surface area contributed by atoms with Crippen LogP contribution in [-0.2, 0) is 9.53 Å². The molecule has 0 radical (unpaired) electrons. The van der Waals surface area contributed by atoms with E-state index in [2.05, 4.69) is 11.0 Å². The van der Waals surface area contributed by atoms with E-state index < -0.39 is 0 Å². The maximum absolute atomic E-state index is 11.8. The molecule has 2 aliphatic rings. The zero-order valence-electron chi connectivity index (χ0n) is 8.82. The summed E-state index contributed by atoms with van der Waals surface area (Å²) in [5.41, 5.74) is 0. The highest BCUT2D eigenvalue weighted by Crippen LogP contribution is 2.18. The number of ketones is 1. The van der Waals surface area contributed by atoms with E-state index >= 15 is 0 Å². The topological polar surface area (TPSA) is 53.3 Å². The van der Waals surface area contributed by atoms with Crippen LogP contribution in [0, 0.1) is 23.2 Å². The van der Waals surface area contributed by atoms with Crippen LogP contribution < -0.4 is 0 Å². The largest absolute Gasteiger partial charge is 0.381 e. The molecule has 0 bridgehead atoms. The fourth-order valence-electron chi connectivity index (χ4n) is 2.22. The highest BCUT2D eigenvalue weighted by atomic mass is 16.5. The smallest absolute Gasteiger partial charge is 0.152 e. The summed E-state index contributed by atoms with van der Waals surface area (Å²) in [5.74, 6) is 0.509. The van der Waals surface area contributed by atoms with Gasteiger partial charge in [0.15, 0.2) is 5.78 Å². The number of likely N-dealkylation sites (tertiary alicyclic amines) is 1. The van der Waals surface area contributed by atoms with Crippen molar-refractivity contribution in [3.8, 4) is 6.07 Å². The molecule has 0 N–H and O–H groups in total. The van der Waals surface area contributed by atoms with Gasteiger partial charge >= 0.3 is 0 Å². The summed E-state index contributed by atoms with van der Waals surface area (Å²) in [6.07, 6.45) is 1.78. The van der Waals surface area contributed by atoms with Crippen LogP contribution in [0.3, 0.4) is 0 Å². The maximum Gasteiger partial charge on any atom is 0.152 e. The van der Waals surface area contributed by atoms with Gasteiger partial charge in [0.25, 0.3) is 0 Å². The Kier molecular flexibility index (Phi) is 3.34. The minimum absolute atomic E-state index is 0.103. The number of hydrogen-bond donors (Lipinski definition) is 0. The lowest BCUT2D eigenvalue weighted by atomic mass is 10.0. The van der Waals surface area contributed by atoms with E-state index in [1.165, 1.54) is 0 Å². The molecule has 4 nitrogen and oxygen atoms in total. The van der Waals surface area contributed by atoms with Crippen LogP contribution in [0.15, 0.2) is 0 Å². The molecule has 0 spiro atoms. The lowest BCUT2D eigenvalue weighted by molar-refractivity contribution is -0.123. The third kappa shape index (κ3) is 2.55. The molecule has 0 aromatic carbocycles. The van der Waals surface area contributed by atoms with Crippen molar-refractivity contribution in [3.63, 3.8) is 0 Å². The molecule has 2 unspecified atom stereocenters. The number of nitrogens with zero attached hydrogens (tertiary/aromatic N) is 2. The Morgan fingerprint density at radius 3 is 3.00 bits per heavy atom. The number of rotatable bonds is 3. The van der Waals surface area contributed by atoms with Gasteiger partial charge in [-0.15, -0.1) is 0 Å². The Bertz CT molecular complexity index is 279. The summed E-state index contributed by atoms with van der Waals surface area (Å²) in [4.78, 5) is 13.9. The van der Waals surface area contributed by atoms with Crippen molar-refractivity contribution in [1.82, 2.24) is 4.90 Å². The Hall–Kier alpha value is -0.920. The molecule has 2 aliphatic heterocycles. The second-order valence-electron chi connectivity index (χ2n) is 4.38. The number of ether oxygens (including phenoxy) is 1. The molecule has 2 heterocycles. The van der Waals surface area contributed by atoms with Crippen LogP contribution in [0.2, 0.25) is 0 Å². The van der Waals surface area contributed by atoms with Crippen LogP contribution in [-0.4, -0.2) is 43.5 Å². The molecule has 82 valence electrons. The fourth-order valence-corrected chi connectivity index (χ4v) is 2.22. The quantitative estimate of drug-likeness (QED) is 0.675.